The first-order valence-electron chi connectivity index (χ1n) is 12.7. The number of aromatic amines is 1. The lowest BCUT2D eigenvalue weighted by molar-refractivity contribution is -0.00400. The number of methoxy groups -OCH3 is 1. The monoisotopic (exact) mass is 512 g/mol. The zero-order chi connectivity index (χ0) is 26.7. The lowest BCUT2D eigenvalue weighted by Crippen LogP contribution is -2.50. The van der Waals surface area contributed by atoms with E-state index in [2.05, 4.69) is 46.7 Å². The molecular formula is C30H32N4O4. The summed E-state index contributed by atoms with van der Waals surface area (Å²) in [5.74, 6) is 0.773. The number of nitrogens with one attached hydrogen (secondary N) is 2. The van der Waals surface area contributed by atoms with Gasteiger partial charge in [-0.15, -0.1) is 0 Å². The van der Waals surface area contributed by atoms with Gasteiger partial charge in [-0.1, -0.05) is 72.8 Å². The SMILES string of the molecule is COc1ccc(C(NC[C@H]2O[C@@H](n3cc(C)c(=O)[nH]c3=O)C[C@@H]2N)(c2ccccc2)c2ccccc2)cc1. The molecule has 1 fully saturated rings. The number of aromatic nitrogens is 2. The number of H-pyrrole nitrogens is 1. The van der Waals surface area contributed by atoms with Gasteiger partial charge in [0.15, 0.2) is 0 Å². The quantitative estimate of drug-likeness (QED) is 0.313. The Balaban J connectivity index is 1.52. The number of nitrogens with zero attached hydrogens (tertiary/aromatic N) is 1. The van der Waals surface area contributed by atoms with Crippen LogP contribution >= 0.6 is 0 Å². The molecule has 2 heterocycles. The van der Waals surface area contributed by atoms with Crippen LogP contribution in [0, 0.1) is 6.92 Å². The smallest absolute Gasteiger partial charge is 0.330 e. The third kappa shape index (κ3) is 4.81. The highest BCUT2D eigenvalue weighted by molar-refractivity contribution is 5.50. The fraction of sp³-hybridized carbons (Fsp3) is 0.267. The van der Waals surface area contributed by atoms with Crippen molar-refractivity contribution < 1.29 is 9.47 Å². The first-order chi connectivity index (χ1) is 18.4. The summed E-state index contributed by atoms with van der Waals surface area (Å²) in [6, 6.07) is 28.2. The zero-order valence-electron chi connectivity index (χ0n) is 21.5. The van der Waals surface area contributed by atoms with Crippen LogP contribution in [-0.2, 0) is 10.3 Å². The Morgan fingerprint density at radius 3 is 2.13 bits per heavy atom. The summed E-state index contributed by atoms with van der Waals surface area (Å²) in [7, 11) is 1.65. The van der Waals surface area contributed by atoms with Crippen LogP contribution in [0.5, 0.6) is 5.75 Å². The molecule has 4 N–H and O–H groups in total. The summed E-state index contributed by atoms with van der Waals surface area (Å²) in [5, 5.41) is 3.81. The van der Waals surface area contributed by atoms with Crippen LogP contribution in [0.4, 0.5) is 0 Å². The molecule has 0 bridgehead atoms. The number of hydrogen-bond donors (Lipinski definition) is 3. The fourth-order valence-electron chi connectivity index (χ4n) is 5.20. The molecule has 8 nitrogen and oxygen atoms in total. The largest absolute Gasteiger partial charge is 0.497 e. The van der Waals surface area contributed by atoms with E-state index in [1.54, 1.807) is 14.0 Å². The van der Waals surface area contributed by atoms with Gasteiger partial charge in [-0.25, -0.2) is 4.79 Å². The minimum absolute atomic E-state index is 0.313. The van der Waals surface area contributed by atoms with Gasteiger partial charge in [0.05, 0.1) is 18.8 Å². The Labute approximate surface area is 221 Å². The number of rotatable bonds is 8. The van der Waals surface area contributed by atoms with E-state index in [0.29, 0.717) is 18.5 Å². The molecule has 38 heavy (non-hydrogen) atoms. The highest BCUT2D eigenvalue weighted by Gasteiger charge is 2.40. The van der Waals surface area contributed by atoms with Gasteiger partial charge in [-0.2, -0.15) is 0 Å². The maximum absolute atomic E-state index is 12.5. The molecule has 0 aliphatic carbocycles. The molecule has 0 amide bonds. The van der Waals surface area contributed by atoms with Crippen molar-refractivity contribution in [2.75, 3.05) is 13.7 Å². The van der Waals surface area contributed by atoms with Crippen molar-refractivity contribution in [1.82, 2.24) is 14.9 Å². The van der Waals surface area contributed by atoms with Crippen molar-refractivity contribution in [2.45, 2.75) is 37.3 Å². The average Bonchev–Trinajstić information content (AvgIpc) is 3.32. The second-order valence-electron chi connectivity index (χ2n) is 9.60. The Kier molecular flexibility index (Phi) is 7.28. The molecule has 5 rings (SSSR count). The van der Waals surface area contributed by atoms with Crippen molar-refractivity contribution >= 4 is 0 Å². The number of benzene rings is 3. The van der Waals surface area contributed by atoms with Gasteiger partial charge in [0.2, 0.25) is 0 Å². The summed E-state index contributed by atoms with van der Waals surface area (Å²) in [6.45, 7) is 2.08. The van der Waals surface area contributed by atoms with E-state index < -0.39 is 23.0 Å². The first-order valence-corrected chi connectivity index (χ1v) is 12.7. The van der Waals surface area contributed by atoms with Gasteiger partial charge < -0.3 is 15.2 Å². The van der Waals surface area contributed by atoms with Crippen molar-refractivity contribution in [1.29, 1.82) is 0 Å². The second kappa shape index (κ2) is 10.8. The number of hydrogen-bond acceptors (Lipinski definition) is 6. The maximum atomic E-state index is 12.5. The Hall–Kier alpha value is -3.98. The van der Waals surface area contributed by atoms with E-state index in [9.17, 15) is 9.59 Å². The standard InChI is InChI=1S/C30H32N4O4/c1-20-19-34(29(36)33-28(20)35)27-17-25(31)26(38-27)18-32-30(21-9-5-3-6-10-21,22-11-7-4-8-12-22)23-13-15-24(37-2)16-14-23/h3-16,19,25-27,32H,17-18,31H2,1-2H3,(H,33,35,36)/t25-,26+,27+/m0/s1. The molecule has 0 unspecified atom stereocenters. The highest BCUT2D eigenvalue weighted by Crippen LogP contribution is 2.38. The molecule has 3 atom stereocenters. The Morgan fingerprint density at radius 2 is 1.55 bits per heavy atom. The lowest BCUT2D eigenvalue weighted by Gasteiger charge is -2.38. The van der Waals surface area contributed by atoms with Gasteiger partial charge in [-0.3, -0.25) is 19.7 Å². The third-order valence-corrected chi connectivity index (χ3v) is 7.24. The first kappa shape index (κ1) is 25.7. The van der Waals surface area contributed by atoms with E-state index >= 15 is 0 Å². The molecule has 1 aliphatic heterocycles. The van der Waals surface area contributed by atoms with Gasteiger partial charge in [0.1, 0.15) is 12.0 Å². The molecule has 4 aromatic rings. The summed E-state index contributed by atoms with van der Waals surface area (Å²) >= 11 is 0. The predicted molar refractivity (Wildman–Crippen MR) is 146 cm³/mol. The second-order valence-corrected chi connectivity index (χ2v) is 9.60. The third-order valence-electron chi connectivity index (χ3n) is 7.24. The molecular weight excluding hydrogens is 480 g/mol. The lowest BCUT2D eigenvalue weighted by atomic mass is 9.76. The van der Waals surface area contributed by atoms with E-state index in [1.807, 2.05) is 48.5 Å². The normalized spacial score (nSPS) is 19.4. The molecule has 0 saturated carbocycles. The zero-order valence-corrected chi connectivity index (χ0v) is 21.5. The molecule has 0 spiro atoms. The summed E-state index contributed by atoms with van der Waals surface area (Å²) < 4.78 is 13.1. The fourth-order valence-corrected chi connectivity index (χ4v) is 5.20. The molecule has 1 aliphatic rings. The Morgan fingerprint density at radius 1 is 0.974 bits per heavy atom. The van der Waals surface area contributed by atoms with Crippen molar-refractivity contribution in [3.63, 3.8) is 0 Å². The van der Waals surface area contributed by atoms with Crippen LogP contribution in [0.3, 0.4) is 0 Å². The molecule has 0 radical (unpaired) electrons. The molecule has 196 valence electrons. The molecule has 1 aromatic heterocycles. The summed E-state index contributed by atoms with van der Waals surface area (Å²) in [6.07, 6.45) is 1.04. The molecule has 8 heteroatoms. The minimum Gasteiger partial charge on any atom is -0.497 e. The highest BCUT2D eigenvalue weighted by atomic mass is 16.5. The van der Waals surface area contributed by atoms with Crippen LogP contribution in [0.1, 0.15) is 34.9 Å². The van der Waals surface area contributed by atoms with Crippen LogP contribution in [0.15, 0.2) is 101 Å². The topological polar surface area (TPSA) is 111 Å². The van der Waals surface area contributed by atoms with Crippen LogP contribution in [0.25, 0.3) is 0 Å². The van der Waals surface area contributed by atoms with Gasteiger partial charge in [0, 0.05) is 30.8 Å². The molecule has 1 saturated heterocycles. The van der Waals surface area contributed by atoms with Crippen LogP contribution in [-0.4, -0.2) is 35.4 Å². The average molecular weight is 513 g/mol. The summed E-state index contributed by atoms with van der Waals surface area (Å²) in [4.78, 5) is 26.7. The number of aryl methyl sites for hydroxylation is 1. The van der Waals surface area contributed by atoms with Gasteiger partial charge in [0.25, 0.3) is 5.56 Å². The van der Waals surface area contributed by atoms with Gasteiger partial charge in [-0.05, 0) is 35.7 Å². The van der Waals surface area contributed by atoms with Crippen molar-refractivity contribution in [2.24, 2.45) is 5.73 Å². The van der Waals surface area contributed by atoms with Crippen molar-refractivity contribution in [3.8, 4) is 5.75 Å². The van der Waals surface area contributed by atoms with Crippen LogP contribution < -0.4 is 27.0 Å². The van der Waals surface area contributed by atoms with Gasteiger partial charge >= 0.3 is 5.69 Å². The van der Waals surface area contributed by atoms with E-state index in [0.717, 1.165) is 22.4 Å². The van der Waals surface area contributed by atoms with E-state index in [-0.39, 0.29) is 12.1 Å². The van der Waals surface area contributed by atoms with E-state index in [4.69, 9.17) is 15.2 Å². The predicted octanol–water partition coefficient (Wildman–Crippen LogP) is 3.05. The van der Waals surface area contributed by atoms with E-state index in [1.165, 1.54) is 10.8 Å². The van der Waals surface area contributed by atoms with Crippen LogP contribution in [0.2, 0.25) is 0 Å². The van der Waals surface area contributed by atoms with Crippen molar-refractivity contribution in [3.05, 3.63) is 134 Å². The number of nitrogens with two attached hydrogens (primary N) is 1. The minimum atomic E-state index is -0.707. The maximum Gasteiger partial charge on any atom is 0.330 e. The molecule has 3 aromatic carbocycles. The summed E-state index contributed by atoms with van der Waals surface area (Å²) in [5.41, 5.74) is 8.52. The Bertz CT molecular complexity index is 1440. The number of ether oxygens (including phenoxy) is 2.